The molecule has 0 fully saturated rings. The Balaban J connectivity index is 3.61. The average molecular weight is 244 g/mol. The van der Waals surface area contributed by atoms with Gasteiger partial charge in [0.1, 0.15) is 0 Å². The molecule has 17 heavy (non-hydrogen) atoms. The first-order valence-corrected chi connectivity index (χ1v) is 7.26. The zero-order valence-electron chi connectivity index (χ0n) is 11.8. The molecular formula is C14H32N2O. The predicted octanol–water partition coefficient (Wildman–Crippen LogP) is 2.53. The molecule has 0 saturated heterocycles. The Morgan fingerprint density at radius 3 is 2.12 bits per heavy atom. The van der Waals surface area contributed by atoms with Crippen molar-refractivity contribution in [1.82, 2.24) is 0 Å². The van der Waals surface area contributed by atoms with E-state index < -0.39 is 0 Å². The third-order valence-electron chi connectivity index (χ3n) is 3.40. The van der Waals surface area contributed by atoms with Gasteiger partial charge >= 0.3 is 0 Å². The Labute approximate surface area is 107 Å². The Hall–Kier alpha value is -0.120. The number of unbranched alkanes of at least 4 members (excludes halogenated alkanes) is 1. The molecule has 0 aromatic carbocycles. The molecule has 0 aromatic rings. The normalized spacial score (nSPS) is 14.8. The smallest absolute Gasteiger partial charge is 0.0506 e. The van der Waals surface area contributed by atoms with Gasteiger partial charge in [0.25, 0.3) is 0 Å². The molecule has 0 amide bonds. The third-order valence-corrected chi connectivity index (χ3v) is 3.40. The third kappa shape index (κ3) is 9.57. The first-order chi connectivity index (χ1) is 8.28. The van der Waals surface area contributed by atoms with E-state index in [9.17, 15) is 0 Å². The second-order valence-corrected chi connectivity index (χ2v) is 4.99. The van der Waals surface area contributed by atoms with Gasteiger partial charge in [-0.15, -0.1) is 0 Å². The number of nitrogens with two attached hydrogens (primary N) is 2. The molecule has 0 spiro atoms. The van der Waals surface area contributed by atoms with Crippen molar-refractivity contribution < 1.29 is 4.74 Å². The summed E-state index contributed by atoms with van der Waals surface area (Å²) in [5.41, 5.74) is 11.2. The van der Waals surface area contributed by atoms with Gasteiger partial charge in [0, 0.05) is 6.61 Å². The zero-order chi connectivity index (χ0) is 12.9. The van der Waals surface area contributed by atoms with Crippen LogP contribution in [-0.4, -0.2) is 26.3 Å². The highest BCUT2D eigenvalue weighted by Gasteiger charge is 2.09. The monoisotopic (exact) mass is 244 g/mol. The van der Waals surface area contributed by atoms with Crippen molar-refractivity contribution in [1.29, 1.82) is 0 Å². The maximum Gasteiger partial charge on any atom is 0.0506 e. The van der Waals surface area contributed by atoms with Crippen LogP contribution in [0.2, 0.25) is 0 Å². The summed E-state index contributed by atoms with van der Waals surface area (Å²) in [6.45, 7) is 7.66. The van der Waals surface area contributed by atoms with Crippen LogP contribution in [0.3, 0.4) is 0 Å². The lowest BCUT2D eigenvalue weighted by Crippen LogP contribution is -2.22. The molecule has 3 heteroatoms. The second-order valence-electron chi connectivity index (χ2n) is 4.99. The minimum atomic E-state index is 0.488. The lowest BCUT2D eigenvalue weighted by atomic mass is 10.0. The molecule has 0 heterocycles. The van der Waals surface area contributed by atoms with Crippen molar-refractivity contribution in [3.05, 3.63) is 0 Å². The SMILES string of the molecule is CCCCC(CC)COCC(CN)CCCN. The van der Waals surface area contributed by atoms with E-state index in [2.05, 4.69) is 13.8 Å². The summed E-state index contributed by atoms with van der Waals surface area (Å²) in [6.07, 6.45) is 7.25. The molecular weight excluding hydrogens is 212 g/mol. The van der Waals surface area contributed by atoms with Crippen molar-refractivity contribution in [3.8, 4) is 0 Å². The quantitative estimate of drug-likeness (QED) is 0.554. The van der Waals surface area contributed by atoms with Gasteiger partial charge in [0.15, 0.2) is 0 Å². The number of ether oxygens (including phenoxy) is 1. The lowest BCUT2D eigenvalue weighted by Gasteiger charge is -2.18. The average Bonchev–Trinajstić information content (AvgIpc) is 2.37. The molecule has 0 aliphatic carbocycles. The summed E-state index contributed by atoms with van der Waals surface area (Å²) < 4.78 is 5.81. The highest BCUT2D eigenvalue weighted by molar-refractivity contribution is 4.61. The lowest BCUT2D eigenvalue weighted by molar-refractivity contribution is 0.0663. The van der Waals surface area contributed by atoms with Crippen LogP contribution in [0.15, 0.2) is 0 Å². The van der Waals surface area contributed by atoms with Gasteiger partial charge in [-0.05, 0) is 44.2 Å². The van der Waals surface area contributed by atoms with Gasteiger partial charge < -0.3 is 16.2 Å². The van der Waals surface area contributed by atoms with E-state index in [1.807, 2.05) is 0 Å². The fraction of sp³-hybridized carbons (Fsp3) is 1.00. The predicted molar refractivity (Wildman–Crippen MR) is 75.0 cm³/mol. The Bertz CT molecular complexity index is 137. The van der Waals surface area contributed by atoms with Crippen molar-refractivity contribution in [2.24, 2.45) is 23.3 Å². The summed E-state index contributed by atoms with van der Waals surface area (Å²) in [5, 5.41) is 0. The van der Waals surface area contributed by atoms with E-state index in [0.717, 1.165) is 38.5 Å². The van der Waals surface area contributed by atoms with Gasteiger partial charge in [-0.2, -0.15) is 0 Å². The van der Waals surface area contributed by atoms with Gasteiger partial charge in [-0.3, -0.25) is 0 Å². The summed E-state index contributed by atoms with van der Waals surface area (Å²) in [5.74, 6) is 1.21. The summed E-state index contributed by atoms with van der Waals surface area (Å²) in [4.78, 5) is 0. The van der Waals surface area contributed by atoms with Crippen LogP contribution in [0.4, 0.5) is 0 Å². The van der Waals surface area contributed by atoms with Crippen LogP contribution in [0, 0.1) is 11.8 Å². The molecule has 0 aliphatic rings. The molecule has 3 nitrogen and oxygen atoms in total. The Morgan fingerprint density at radius 2 is 1.59 bits per heavy atom. The van der Waals surface area contributed by atoms with Crippen molar-refractivity contribution in [2.45, 2.75) is 52.4 Å². The standard InChI is InChI=1S/C14H32N2O/c1-3-5-7-13(4-2)11-17-12-14(10-16)8-6-9-15/h13-14H,3-12,15-16H2,1-2H3. The first kappa shape index (κ1) is 16.9. The van der Waals surface area contributed by atoms with Crippen LogP contribution >= 0.6 is 0 Å². The van der Waals surface area contributed by atoms with E-state index in [1.54, 1.807) is 0 Å². The molecule has 4 N–H and O–H groups in total. The molecule has 0 radical (unpaired) electrons. The Kier molecular flexibility index (Phi) is 12.3. The van der Waals surface area contributed by atoms with Crippen molar-refractivity contribution in [2.75, 3.05) is 26.3 Å². The molecule has 0 bridgehead atoms. The van der Waals surface area contributed by atoms with Gasteiger partial charge in [-0.25, -0.2) is 0 Å². The molecule has 104 valence electrons. The molecule has 2 unspecified atom stereocenters. The van der Waals surface area contributed by atoms with Crippen LogP contribution in [0.1, 0.15) is 52.4 Å². The number of hydrogen-bond acceptors (Lipinski definition) is 3. The molecule has 0 aliphatic heterocycles. The fourth-order valence-corrected chi connectivity index (χ4v) is 1.98. The fourth-order valence-electron chi connectivity index (χ4n) is 1.98. The summed E-state index contributed by atoms with van der Waals surface area (Å²) in [7, 11) is 0. The van der Waals surface area contributed by atoms with E-state index in [1.165, 1.54) is 25.7 Å². The summed E-state index contributed by atoms with van der Waals surface area (Å²) in [6, 6.07) is 0. The zero-order valence-corrected chi connectivity index (χ0v) is 11.8. The van der Waals surface area contributed by atoms with E-state index in [0.29, 0.717) is 12.5 Å². The highest BCUT2D eigenvalue weighted by Crippen LogP contribution is 2.14. The highest BCUT2D eigenvalue weighted by atomic mass is 16.5. The summed E-state index contributed by atoms with van der Waals surface area (Å²) >= 11 is 0. The van der Waals surface area contributed by atoms with E-state index in [4.69, 9.17) is 16.2 Å². The van der Waals surface area contributed by atoms with Crippen LogP contribution in [0.5, 0.6) is 0 Å². The maximum absolute atomic E-state index is 5.81. The van der Waals surface area contributed by atoms with Gasteiger partial charge in [0.05, 0.1) is 6.61 Å². The van der Waals surface area contributed by atoms with Gasteiger partial charge in [-0.1, -0.05) is 33.1 Å². The van der Waals surface area contributed by atoms with E-state index in [-0.39, 0.29) is 0 Å². The van der Waals surface area contributed by atoms with Gasteiger partial charge in [0.2, 0.25) is 0 Å². The number of rotatable bonds is 12. The van der Waals surface area contributed by atoms with Crippen LogP contribution in [-0.2, 0) is 4.74 Å². The van der Waals surface area contributed by atoms with E-state index >= 15 is 0 Å². The minimum Gasteiger partial charge on any atom is -0.381 e. The number of hydrogen-bond donors (Lipinski definition) is 2. The maximum atomic E-state index is 5.81. The minimum absolute atomic E-state index is 0.488. The molecule has 0 aromatic heterocycles. The molecule has 0 saturated carbocycles. The van der Waals surface area contributed by atoms with Crippen molar-refractivity contribution >= 4 is 0 Å². The first-order valence-electron chi connectivity index (χ1n) is 7.26. The van der Waals surface area contributed by atoms with Crippen molar-refractivity contribution in [3.63, 3.8) is 0 Å². The molecule has 2 atom stereocenters. The second kappa shape index (κ2) is 12.3. The van der Waals surface area contributed by atoms with Crippen LogP contribution in [0.25, 0.3) is 0 Å². The van der Waals surface area contributed by atoms with Crippen LogP contribution < -0.4 is 11.5 Å². The Morgan fingerprint density at radius 1 is 0.941 bits per heavy atom. The largest absolute Gasteiger partial charge is 0.381 e. The topological polar surface area (TPSA) is 61.3 Å². The molecule has 0 rings (SSSR count).